The maximum atomic E-state index is 12.4. The summed E-state index contributed by atoms with van der Waals surface area (Å²) >= 11 is 0. The molecule has 2 saturated carbocycles. The van der Waals surface area contributed by atoms with E-state index >= 15 is 0 Å². The van der Waals surface area contributed by atoms with Crippen molar-refractivity contribution in [2.75, 3.05) is 20.2 Å². The van der Waals surface area contributed by atoms with E-state index in [1.165, 1.54) is 30.4 Å². The van der Waals surface area contributed by atoms with Crippen LogP contribution in [-0.2, 0) is 23.8 Å². The first-order chi connectivity index (χ1) is 18.4. The Morgan fingerprint density at radius 3 is 2.00 bits per heavy atom. The minimum Gasteiger partial charge on any atom is -0.400 e. The van der Waals surface area contributed by atoms with Crippen molar-refractivity contribution in [3.05, 3.63) is 70.3 Å². The lowest BCUT2D eigenvalue weighted by Gasteiger charge is -2.34. The summed E-state index contributed by atoms with van der Waals surface area (Å²) in [5, 5.41) is 15.6. The summed E-state index contributed by atoms with van der Waals surface area (Å²) in [7, 11) is 1.00. The lowest BCUT2D eigenvalue weighted by Crippen LogP contribution is -2.30. The van der Waals surface area contributed by atoms with Crippen LogP contribution in [0.1, 0.15) is 65.8 Å². The summed E-state index contributed by atoms with van der Waals surface area (Å²) in [6, 6.07) is 9.84. The summed E-state index contributed by atoms with van der Waals surface area (Å²) in [4.78, 5) is 14.6. The molecule has 3 fully saturated rings. The number of nitrogens with zero attached hydrogens (tertiary/aromatic N) is 1. The Morgan fingerprint density at radius 2 is 1.49 bits per heavy atom. The fourth-order valence-electron chi connectivity index (χ4n) is 5.74. The van der Waals surface area contributed by atoms with Gasteiger partial charge in [-0.05, 0) is 85.3 Å². The third-order valence-electron chi connectivity index (χ3n) is 7.75. The number of alkyl halides is 6. The van der Waals surface area contributed by atoms with Crippen LogP contribution in [0.25, 0.3) is 0 Å². The zero-order valence-electron chi connectivity index (χ0n) is 22.0. The second kappa shape index (κ2) is 12.7. The molecule has 2 N–H and O–H groups in total. The zero-order valence-corrected chi connectivity index (χ0v) is 22.0. The van der Waals surface area contributed by atoms with Crippen LogP contribution in [-0.4, -0.2) is 41.2 Å². The summed E-state index contributed by atoms with van der Waals surface area (Å²) in [6.45, 7) is 3.40. The molecule has 1 aliphatic heterocycles. The molecule has 0 bridgehead atoms. The fraction of sp³-hybridized carbons (Fsp3) is 0.552. The van der Waals surface area contributed by atoms with Crippen molar-refractivity contribution < 1.29 is 41.4 Å². The molecular weight excluding hydrogens is 524 g/mol. The highest BCUT2D eigenvalue weighted by molar-refractivity contribution is 5.81. The molecular formula is C29H35F6NO3. The van der Waals surface area contributed by atoms with Crippen LogP contribution in [0.5, 0.6) is 0 Å². The number of carbonyl (C=O) groups is 1. The third-order valence-corrected chi connectivity index (χ3v) is 7.75. The lowest BCUT2D eigenvalue weighted by molar-refractivity contribution is -0.143. The van der Waals surface area contributed by atoms with E-state index < -0.39 is 35.6 Å². The number of hydrogen-bond donors (Lipinski definition) is 2. The molecule has 1 amide bonds. The molecule has 3 atom stereocenters. The Balaban J connectivity index is 0.000000211. The van der Waals surface area contributed by atoms with Crippen LogP contribution in [0.3, 0.4) is 0 Å². The number of aliphatic hydroxyl groups excluding tert-OH is 2. The monoisotopic (exact) mass is 559 g/mol. The molecule has 1 heterocycles. The van der Waals surface area contributed by atoms with Gasteiger partial charge in [-0.2, -0.15) is 26.3 Å². The quantitative estimate of drug-likeness (QED) is 0.418. The van der Waals surface area contributed by atoms with Gasteiger partial charge in [-0.15, -0.1) is 0 Å². The topological polar surface area (TPSA) is 60.8 Å². The Hall–Kier alpha value is -2.59. The van der Waals surface area contributed by atoms with Crippen molar-refractivity contribution in [3.8, 4) is 0 Å². The van der Waals surface area contributed by atoms with Crippen molar-refractivity contribution in [3.63, 3.8) is 0 Å². The van der Waals surface area contributed by atoms with Gasteiger partial charge < -0.3 is 15.1 Å². The van der Waals surface area contributed by atoms with Crippen molar-refractivity contribution in [2.24, 2.45) is 17.8 Å². The van der Waals surface area contributed by atoms with Gasteiger partial charge in [-0.3, -0.25) is 4.79 Å². The number of fused-ring (bicyclic) bond motifs is 1. The van der Waals surface area contributed by atoms with Crippen LogP contribution in [0.4, 0.5) is 26.3 Å². The lowest BCUT2D eigenvalue weighted by atomic mass is 9.70. The molecule has 2 aromatic carbocycles. The molecule has 5 rings (SSSR count). The van der Waals surface area contributed by atoms with Gasteiger partial charge in [0.1, 0.15) is 0 Å². The summed E-state index contributed by atoms with van der Waals surface area (Å²) in [5.41, 5.74) is -0.317. The van der Waals surface area contributed by atoms with Crippen LogP contribution in [0.15, 0.2) is 42.5 Å². The van der Waals surface area contributed by atoms with Crippen LogP contribution in [0.2, 0.25) is 0 Å². The van der Waals surface area contributed by atoms with Crippen LogP contribution in [0, 0.1) is 24.7 Å². The molecule has 10 heteroatoms. The van der Waals surface area contributed by atoms with Crippen molar-refractivity contribution in [2.45, 2.75) is 63.9 Å². The largest absolute Gasteiger partial charge is 0.416 e. The number of aryl methyl sites for hydroxylation is 1. The van der Waals surface area contributed by atoms with Gasteiger partial charge >= 0.3 is 12.4 Å². The van der Waals surface area contributed by atoms with Crippen molar-refractivity contribution in [1.29, 1.82) is 0 Å². The zero-order chi connectivity index (χ0) is 29.0. The minimum absolute atomic E-state index is 0.0131. The van der Waals surface area contributed by atoms with E-state index in [0.29, 0.717) is 35.8 Å². The Morgan fingerprint density at radius 1 is 0.897 bits per heavy atom. The van der Waals surface area contributed by atoms with E-state index in [0.717, 1.165) is 39.0 Å². The number of hydrogen-bond acceptors (Lipinski definition) is 3. The molecule has 216 valence electrons. The third kappa shape index (κ3) is 7.75. The summed E-state index contributed by atoms with van der Waals surface area (Å²) in [5.74, 6) is 2.94. The molecule has 0 radical (unpaired) electrons. The summed E-state index contributed by atoms with van der Waals surface area (Å²) < 4.78 is 73.3. The maximum absolute atomic E-state index is 12.4. The number of amides is 1. The van der Waals surface area contributed by atoms with E-state index in [-0.39, 0.29) is 6.07 Å². The number of likely N-dealkylation sites (tertiary alicyclic amines) is 1. The molecule has 2 unspecified atom stereocenters. The first kappa shape index (κ1) is 30.9. The van der Waals surface area contributed by atoms with Gasteiger partial charge in [0.15, 0.2) is 0 Å². The van der Waals surface area contributed by atoms with Gasteiger partial charge in [-0.1, -0.05) is 30.7 Å². The molecule has 2 aliphatic carbocycles. The van der Waals surface area contributed by atoms with Gasteiger partial charge in [-0.25, -0.2) is 0 Å². The van der Waals surface area contributed by atoms with Crippen LogP contribution < -0.4 is 0 Å². The second-order valence-electron chi connectivity index (χ2n) is 10.4. The smallest absolute Gasteiger partial charge is 0.400 e. The van der Waals surface area contributed by atoms with E-state index in [2.05, 4.69) is 36.1 Å². The number of halogens is 6. The van der Waals surface area contributed by atoms with Gasteiger partial charge in [0.05, 0.1) is 17.7 Å². The first-order valence-electron chi connectivity index (χ1n) is 13.1. The number of rotatable bonds is 3. The highest BCUT2D eigenvalue weighted by atomic mass is 19.4. The Kier molecular flexibility index (Phi) is 10.1. The molecule has 1 saturated heterocycles. The average Bonchev–Trinajstić information content (AvgIpc) is 3.66. The second-order valence-corrected chi connectivity index (χ2v) is 10.4. The van der Waals surface area contributed by atoms with E-state index in [4.69, 9.17) is 10.2 Å². The summed E-state index contributed by atoms with van der Waals surface area (Å²) in [6.07, 6.45) is -3.53. The highest BCUT2D eigenvalue weighted by Crippen LogP contribution is 2.47. The SMILES string of the molecule is CO.Cc1ccccc1C1CCCC2CN(C(=O)C3CC3)C[C@H]21.OCc1cc(C(F)(F)F)cc(C(F)(F)F)c1. The number of benzene rings is 2. The van der Waals surface area contributed by atoms with Crippen molar-refractivity contribution >= 4 is 5.91 Å². The predicted octanol–water partition coefficient (Wildman–Crippen LogP) is 6.57. The van der Waals surface area contributed by atoms with E-state index in [1.807, 2.05) is 0 Å². The van der Waals surface area contributed by atoms with E-state index in [9.17, 15) is 31.1 Å². The Bertz CT molecular complexity index is 1080. The van der Waals surface area contributed by atoms with Gasteiger partial charge in [0.25, 0.3) is 0 Å². The molecule has 4 nitrogen and oxygen atoms in total. The average molecular weight is 560 g/mol. The van der Waals surface area contributed by atoms with E-state index in [1.54, 1.807) is 0 Å². The number of aliphatic hydroxyl groups is 2. The van der Waals surface area contributed by atoms with Gasteiger partial charge in [0.2, 0.25) is 5.91 Å². The highest BCUT2D eigenvalue weighted by Gasteiger charge is 2.45. The fourth-order valence-corrected chi connectivity index (χ4v) is 5.74. The molecule has 2 aromatic rings. The molecule has 39 heavy (non-hydrogen) atoms. The standard InChI is InChI=1S/C19H25NO.C9H6F6O.CH4O/c1-13-5-2-3-7-16(13)17-8-4-6-15-11-20(12-18(15)17)19(21)14-9-10-14;10-8(11,12)6-1-5(4-16)2-7(3-6)9(13,14)15;1-2/h2-3,5,7,14-15,17-18H,4,6,8-12H2,1H3;1-3,16H,4H2;2H,1H3/t15?,17?,18-;;/m1../s1. The molecule has 0 spiro atoms. The normalized spacial score (nSPS) is 22.7. The Labute approximate surface area is 224 Å². The maximum Gasteiger partial charge on any atom is 0.416 e. The number of carbonyl (C=O) groups excluding carboxylic acids is 1. The van der Waals surface area contributed by atoms with Gasteiger partial charge in [0, 0.05) is 26.1 Å². The molecule has 3 aliphatic rings. The first-order valence-corrected chi connectivity index (χ1v) is 13.1. The molecule has 0 aromatic heterocycles. The van der Waals surface area contributed by atoms with Crippen molar-refractivity contribution in [1.82, 2.24) is 4.90 Å². The predicted molar refractivity (Wildman–Crippen MR) is 135 cm³/mol. The minimum atomic E-state index is -4.87. The van der Waals surface area contributed by atoms with Crippen LogP contribution >= 0.6 is 0 Å².